The number of nitrogens with zero attached hydrogens (tertiary/aromatic N) is 1. The number of carbonyl (C=O) groups is 2. The molecule has 2 rings (SSSR count). The fourth-order valence-corrected chi connectivity index (χ4v) is 3.02. The molecule has 0 fully saturated rings. The zero-order valence-corrected chi connectivity index (χ0v) is 19.8. The van der Waals surface area contributed by atoms with Gasteiger partial charge in [0.1, 0.15) is 23.3 Å². The minimum Gasteiger partial charge on any atom is -0.496 e. The molecule has 0 radical (unpaired) electrons. The van der Waals surface area contributed by atoms with Gasteiger partial charge in [0, 0.05) is 31.3 Å². The Hall–Kier alpha value is -3.22. The molecule has 0 bridgehead atoms. The first kappa shape index (κ1) is 25.0. The van der Waals surface area contributed by atoms with Gasteiger partial charge in [0.05, 0.1) is 14.2 Å². The summed E-state index contributed by atoms with van der Waals surface area (Å²) in [5, 5.41) is 2.91. The van der Waals surface area contributed by atoms with Gasteiger partial charge in [-0.15, -0.1) is 0 Å². The second-order valence-corrected chi connectivity index (χ2v) is 8.16. The van der Waals surface area contributed by atoms with Crippen LogP contribution in [0.15, 0.2) is 42.5 Å². The Bertz CT molecular complexity index is 873. The number of methoxy groups -OCH3 is 2. The molecule has 174 valence electrons. The number of carbonyl (C=O) groups excluding carboxylic acids is 2. The highest BCUT2D eigenvalue weighted by Gasteiger charge is 2.26. The van der Waals surface area contributed by atoms with Gasteiger partial charge in [-0.2, -0.15) is 0 Å². The van der Waals surface area contributed by atoms with Gasteiger partial charge in [-0.05, 0) is 25.3 Å². The minimum atomic E-state index is -0.647. The van der Waals surface area contributed by atoms with Crippen molar-refractivity contribution < 1.29 is 23.8 Å². The molecule has 32 heavy (non-hydrogen) atoms. The van der Waals surface area contributed by atoms with E-state index in [1.807, 2.05) is 45.0 Å². The van der Waals surface area contributed by atoms with E-state index in [1.165, 1.54) is 4.90 Å². The van der Waals surface area contributed by atoms with Crippen LogP contribution in [0.25, 0.3) is 0 Å². The molecule has 0 spiro atoms. The van der Waals surface area contributed by atoms with Crippen LogP contribution >= 0.6 is 0 Å². The predicted octanol–water partition coefficient (Wildman–Crippen LogP) is 3.58. The number of hydrogen-bond acceptors (Lipinski definition) is 5. The van der Waals surface area contributed by atoms with E-state index in [1.54, 1.807) is 39.3 Å². The summed E-state index contributed by atoms with van der Waals surface area (Å²) in [4.78, 5) is 27.4. The third-order valence-corrected chi connectivity index (χ3v) is 5.01. The molecule has 0 aromatic heterocycles. The molecule has 0 heterocycles. The van der Waals surface area contributed by atoms with E-state index in [2.05, 4.69) is 5.32 Å². The van der Waals surface area contributed by atoms with Crippen molar-refractivity contribution in [2.75, 3.05) is 27.4 Å². The monoisotopic (exact) mass is 442 g/mol. The summed E-state index contributed by atoms with van der Waals surface area (Å²) in [6.45, 7) is 8.42. The van der Waals surface area contributed by atoms with Crippen molar-refractivity contribution in [3.63, 3.8) is 0 Å². The number of hydrogen-bond donors (Lipinski definition) is 1. The summed E-state index contributed by atoms with van der Waals surface area (Å²) in [5.41, 5.74) is 2.07. The van der Waals surface area contributed by atoms with Gasteiger partial charge < -0.3 is 24.4 Å². The lowest BCUT2D eigenvalue weighted by Gasteiger charge is -2.29. The first-order valence-electron chi connectivity index (χ1n) is 10.7. The van der Waals surface area contributed by atoms with Crippen LogP contribution in [0.1, 0.15) is 31.9 Å². The van der Waals surface area contributed by atoms with Crippen LogP contribution in [-0.2, 0) is 16.1 Å². The third-order valence-electron chi connectivity index (χ3n) is 5.01. The van der Waals surface area contributed by atoms with Gasteiger partial charge in [-0.1, -0.05) is 43.7 Å². The standard InChI is InChI=1S/C25H34N2O5/c1-17(2)14-26-25(29)19(4)27(15-20-9-7-18(3)8-10-20)24(28)16-32-23-12-21(30-5)11-22(13-23)31-6/h7-13,17,19H,14-16H2,1-6H3,(H,26,29). The lowest BCUT2D eigenvalue weighted by atomic mass is 10.1. The number of aryl methyl sites for hydroxylation is 1. The zero-order chi connectivity index (χ0) is 23.7. The van der Waals surface area contributed by atoms with Crippen LogP contribution in [-0.4, -0.2) is 50.1 Å². The topological polar surface area (TPSA) is 77.1 Å². The van der Waals surface area contributed by atoms with E-state index in [-0.39, 0.29) is 18.4 Å². The third kappa shape index (κ3) is 7.48. The number of nitrogens with one attached hydrogen (secondary N) is 1. The molecule has 1 unspecified atom stereocenters. The van der Waals surface area contributed by atoms with Gasteiger partial charge in [-0.3, -0.25) is 9.59 Å². The Kier molecular flexibility index (Phi) is 9.38. The van der Waals surface area contributed by atoms with Crippen molar-refractivity contribution in [3.8, 4) is 17.2 Å². The minimum absolute atomic E-state index is 0.192. The first-order valence-corrected chi connectivity index (χ1v) is 10.7. The van der Waals surface area contributed by atoms with E-state index in [0.717, 1.165) is 11.1 Å². The van der Waals surface area contributed by atoms with E-state index in [4.69, 9.17) is 14.2 Å². The maximum absolute atomic E-state index is 13.1. The second kappa shape index (κ2) is 12.0. The summed E-state index contributed by atoms with van der Waals surface area (Å²) in [7, 11) is 3.09. The van der Waals surface area contributed by atoms with Crippen LogP contribution in [0.4, 0.5) is 0 Å². The highest BCUT2D eigenvalue weighted by molar-refractivity contribution is 5.88. The van der Waals surface area contributed by atoms with Gasteiger partial charge in [0.2, 0.25) is 5.91 Å². The summed E-state index contributed by atoms with van der Waals surface area (Å²) in [6.07, 6.45) is 0. The van der Waals surface area contributed by atoms with Crippen LogP contribution < -0.4 is 19.5 Å². The summed E-state index contributed by atoms with van der Waals surface area (Å²) in [6, 6.07) is 12.3. The van der Waals surface area contributed by atoms with E-state index >= 15 is 0 Å². The maximum Gasteiger partial charge on any atom is 0.261 e. The largest absolute Gasteiger partial charge is 0.496 e. The smallest absolute Gasteiger partial charge is 0.261 e. The Morgan fingerprint density at radius 1 is 0.938 bits per heavy atom. The van der Waals surface area contributed by atoms with Crippen LogP contribution in [0.3, 0.4) is 0 Å². The molecule has 2 amide bonds. The van der Waals surface area contributed by atoms with Crippen LogP contribution in [0.5, 0.6) is 17.2 Å². The molecule has 7 nitrogen and oxygen atoms in total. The highest BCUT2D eigenvalue weighted by Crippen LogP contribution is 2.27. The Labute approximate surface area is 190 Å². The van der Waals surface area contributed by atoms with Crippen molar-refractivity contribution in [2.24, 2.45) is 5.92 Å². The Morgan fingerprint density at radius 3 is 2.03 bits per heavy atom. The molecular formula is C25H34N2O5. The van der Waals surface area contributed by atoms with Gasteiger partial charge >= 0.3 is 0 Å². The van der Waals surface area contributed by atoms with E-state index < -0.39 is 6.04 Å². The van der Waals surface area contributed by atoms with Gasteiger partial charge in [0.15, 0.2) is 6.61 Å². The zero-order valence-electron chi connectivity index (χ0n) is 19.8. The van der Waals surface area contributed by atoms with Crippen molar-refractivity contribution in [3.05, 3.63) is 53.6 Å². The average molecular weight is 443 g/mol. The van der Waals surface area contributed by atoms with Crippen molar-refractivity contribution in [2.45, 2.75) is 40.3 Å². The molecule has 0 aliphatic carbocycles. The Balaban J connectivity index is 2.17. The lowest BCUT2D eigenvalue weighted by Crippen LogP contribution is -2.49. The van der Waals surface area contributed by atoms with E-state index in [0.29, 0.717) is 36.3 Å². The molecule has 1 atom stereocenters. The summed E-state index contributed by atoms with van der Waals surface area (Å²) < 4.78 is 16.2. The predicted molar refractivity (Wildman–Crippen MR) is 124 cm³/mol. The number of benzene rings is 2. The SMILES string of the molecule is COc1cc(OC)cc(OCC(=O)N(Cc2ccc(C)cc2)C(C)C(=O)NCC(C)C)c1. The fraction of sp³-hybridized carbons (Fsp3) is 0.440. The Morgan fingerprint density at radius 2 is 1.50 bits per heavy atom. The van der Waals surface area contributed by atoms with Crippen LogP contribution in [0.2, 0.25) is 0 Å². The average Bonchev–Trinajstić information content (AvgIpc) is 2.79. The lowest BCUT2D eigenvalue weighted by molar-refractivity contribution is -0.142. The first-order chi connectivity index (χ1) is 15.2. The number of rotatable bonds is 11. The molecule has 0 saturated carbocycles. The quantitative estimate of drug-likeness (QED) is 0.576. The van der Waals surface area contributed by atoms with Crippen molar-refractivity contribution >= 4 is 11.8 Å². The molecular weight excluding hydrogens is 408 g/mol. The van der Waals surface area contributed by atoms with Crippen LogP contribution in [0, 0.1) is 12.8 Å². The number of amides is 2. The van der Waals surface area contributed by atoms with Crippen molar-refractivity contribution in [1.82, 2.24) is 10.2 Å². The van der Waals surface area contributed by atoms with Gasteiger partial charge in [-0.25, -0.2) is 0 Å². The maximum atomic E-state index is 13.1. The molecule has 0 aliphatic heterocycles. The normalized spacial score (nSPS) is 11.6. The van der Waals surface area contributed by atoms with Gasteiger partial charge in [0.25, 0.3) is 5.91 Å². The fourth-order valence-electron chi connectivity index (χ4n) is 3.02. The molecule has 7 heteroatoms. The molecule has 0 aliphatic rings. The molecule has 2 aromatic rings. The second-order valence-electron chi connectivity index (χ2n) is 8.16. The van der Waals surface area contributed by atoms with Crippen molar-refractivity contribution in [1.29, 1.82) is 0 Å². The molecule has 2 aromatic carbocycles. The summed E-state index contributed by atoms with van der Waals surface area (Å²) >= 11 is 0. The van der Waals surface area contributed by atoms with E-state index in [9.17, 15) is 9.59 Å². The molecule has 0 saturated heterocycles. The summed E-state index contributed by atoms with van der Waals surface area (Å²) in [5.74, 6) is 1.40. The highest BCUT2D eigenvalue weighted by atomic mass is 16.5. The number of ether oxygens (including phenoxy) is 3. The molecule has 1 N–H and O–H groups in total.